The lowest BCUT2D eigenvalue weighted by molar-refractivity contribution is -0.133. The number of likely N-dealkylation sites (tertiary alicyclic amines) is 1. The molecule has 1 fully saturated rings. The number of rotatable bonds is 3. The van der Waals surface area contributed by atoms with Crippen molar-refractivity contribution in [3.05, 3.63) is 59.4 Å². The summed E-state index contributed by atoms with van der Waals surface area (Å²) in [7, 11) is 0. The van der Waals surface area contributed by atoms with Crippen LogP contribution in [0, 0.1) is 13.8 Å². The fourth-order valence-corrected chi connectivity index (χ4v) is 3.69. The van der Waals surface area contributed by atoms with Gasteiger partial charge in [0.25, 0.3) is 0 Å². The Labute approximate surface area is 148 Å². The van der Waals surface area contributed by atoms with Crippen LogP contribution in [-0.4, -0.2) is 26.7 Å². The molecule has 0 N–H and O–H groups in total. The molecular weight excluding hydrogens is 310 g/mol. The number of carbonyl (C=O) groups is 1. The number of aryl methyl sites for hydroxylation is 2. The zero-order valence-electron chi connectivity index (χ0n) is 14.8. The fourth-order valence-electron chi connectivity index (χ4n) is 3.69. The molecule has 0 unspecified atom stereocenters. The van der Waals surface area contributed by atoms with Crippen LogP contribution in [-0.2, 0) is 11.3 Å². The first-order valence-corrected chi connectivity index (χ1v) is 8.94. The van der Waals surface area contributed by atoms with Crippen molar-refractivity contribution in [2.24, 2.45) is 0 Å². The van der Waals surface area contributed by atoms with Crippen LogP contribution in [0.15, 0.2) is 42.6 Å². The molecule has 2 aromatic heterocycles. The number of imidazole rings is 1. The van der Waals surface area contributed by atoms with Gasteiger partial charge >= 0.3 is 0 Å². The number of benzene rings is 1. The first kappa shape index (κ1) is 15.9. The summed E-state index contributed by atoms with van der Waals surface area (Å²) in [6.45, 7) is 5.71. The minimum Gasteiger partial charge on any atom is -0.338 e. The van der Waals surface area contributed by atoms with Crippen LogP contribution in [0.1, 0.15) is 36.1 Å². The van der Waals surface area contributed by atoms with Crippen LogP contribution in [0.3, 0.4) is 0 Å². The molecule has 3 heterocycles. The molecule has 0 saturated carbocycles. The second-order valence-corrected chi connectivity index (χ2v) is 6.95. The monoisotopic (exact) mass is 333 g/mol. The Bertz CT molecular complexity index is 941. The summed E-state index contributed by atoms with van der Waals surface area (Å²) >= 11 is 0. The van der Waals surface area contributed by atoms with E-state index in [0.29, 0.717) is 13.0 Å². The van der Waals surface area contributed by atoms with Gasteiger partial charge in [-0.25, -0.2) is 4.98 Å². The topological polar surface area (TPSA) is 37.6 Å². The number of nitrogens with zero attached hydrogens (tertiary/aromatic N) is 3. The van der Waals surface area contributed by atoms with E-state index in [1.807, 2.05) is 4.90 Å². The van der Waals surface area contributed by atoms with E-state index in [1.54, 1.807) is 0 Å². The van der Waals surface area contributed by atoms with Gasteiger partial charge in [0.1, 0.15) is 5.65 Å². The molecule has 1 aliphatic rings. The number of fused-ring (bicyclic) bond motifs is 1. The summed E-state index contributed by atoms with van der Waals surface area (Å²) in [5.41, 5.74) is 6.66. The summed E-state index contributed by atoms with van der Waals surface area (Å²) in [5.74, 6) is 0.270. The average Bonchev–Trinajstić information content (AvgIpc) is 2.92. The fraction of sp³-hybridized carbons (Fsp3) is 0.333. The molecule has 4 rings (SSSR count). The number of carbonyl (C=O) groups excluding carboxylic acids is 1. The standard InChI is InChI=1S/C21H23N3O/c1-15-6-5-7-18(12-15)21-16(2)22-19-10-9-17(14-24(19)21)13-23-11-4-3-8-20(23)25/h5-7,9-10,12,14H,3-4,8,11,13H2,1-2H3. The van der Waals surface area contributed by atoms with Crippen molar-refractivity contribution >= 4 is 11.6 Å². The Morgan fingerprint density at radius 2 is 2.00 bits per heavy atom. The number of amides is 1. The lowest BCUT2D eigenvalue weighted by Crippen LogP contribution is -2.34. The van der Waals surface area contributed by atoms with Gasteiger partial charge in [0, 0.05) is 31.3 Å². The molecule has 1 aromatic carbocycles. The number of hydrogen-bond acceptors (Lipinski definition) is 2. The van der Waals surface area contributed by atoms with E-state index in [-0.39, 0.29) is 5.91 Å². The predicted octanol–water partition coefficient (Wildman–Crippen LogP) is 4.13. The average molecular weight is 333 g/mol. The van der Waals surface area contributed by atoms with Gasteiger partial charge in [0.15, 0.2) is 0 Å². The lowest BCUT2D eigenvalue weighted by Gasteiger charge is -2.26. The number of hydrogen-bond donors (Lipinski definition) is 0. The minimum absolute atomic E-state index is 0.270. The third kappa shape index (κ3) is 3.04. The van der Waals surface area contributed by atoms with E-state index in [1.165, 1.54) is 11.1 Å². The van der Waals surface area contributed by atoms with Gasteiger partial charge in [0.2, 0.25) is 5.91 Å². The minimum atomic E-state index is 0.270. The molecule has 3 aromatic rings. The van der Waals surface area contributed by atoms with E-state index in [4.69, 9.17) is 4.98 Å². The Kier molecular flexibility index (Phi) is 4.04. The maximum atomic E-state index is 12.1. The van der Waals surface area contributed by atoms with Crippen LogP contribution in [0.2, 0.25) is 0 Å². The number of aromatic nitrogens is 2. The van der Waals surface area contributed by atoms with E-state index in [0.717, 1.165) is 42.0 Å². The first-order valence-electron chi connectivity index (χ1n) is 8.94. The quantitative estimate of drug-likeness (QED) is 0.723. The largest absolute Gasteiger partial charge is 0.338 e. The van der Waals surface area contributed by atoms with Gasteiger partial charge < -0.3 is 4.90 Å². The molecular formula is C21H23N3O. The van der Waals surface area contributed by atoms with Crippen LogP contribution in [0.5, 0.6) is 0 Å². The maximum absolute atomic E-state index is 12.1. The molecule has 1 amide bonds. The van der Waals surface area contributed by atoms with Crippen LogP contribution in [0.4, 0.5) is 0 Å². The Morgan fingerprint density at radius 3 is 2.80 bits per heavy atom. The summed E-state index contributed by atoms with van der Waals surface area (Å²) in [5, 5.41) is 0. The van der Waals surface area contributed by atoms with Crippen LogP contribution in [0.25, 0.3) is 16.9 Å². The molecule has 4 heteroatoms. The normalized spacial score (nSPS) is 15.1. The third-order valence-electron chi connectivity index (χ3n) is 4.94. The van der Waals surface area contributed by atoms with Crippen molar-refractivity contribution in [1.82, 2.24) is 14.3 Å². The summed E-state index contributed by atoms with van der Waals surface area (Å²) in [4.78, 5) is 18.8. The van der Waals surface area contributed by atoms with Crippen molar-refractivity contribution in [2.75, 3.05) is 6.54 Å². The van der Waals surface area contributed by atoms with E-state index in [9.17, 15) is 4.79 Å². The Balaban J connectivity index is 1.74. The highest BCUT2D eigenvalue weighted by atomic mass is 16.2. The molecule has 0 atom stereocenters. The van der Waals surface area contributed by atoms with Crippen molar-refractivity contribution in [3.8, 4) is 11.3 Å². The summed E-state index contributed by atoms with van der Waals surface area (Å²) < 4.78 is 2.16. The van der Waals surface area contributed by atoms with E-state index in [2.05, 4.69) is 60.8 Å². The van der Waals surface area contributed by atoms with Crippen molar-refractivity contribution < 1.29 is 4.79 Å². The van der Waals surface area contributed by atoms with Gasteiger partial charge in [-0.1, -0.05) is 29.8 Å². The molecule has 128 valence electrons. The van der Waals surface area contributed by atoms with E-state index < -0.39 is 0 Å². The predicted molar refractivity (Wildman–Crippen MR) is 99.4 cm³/mol. The number of piperidine rings is 1. The zero-order chi connectivity index (χ0) is 17.4. The first-order chi connectivity index (χ1) is 12.1. The molecule has 1 saturated heterocycles. The van der Waals surface area contributed by atoms with Crippen molar-refractivity contribution in [1.29, 1.82) is 0 Å². The molecule has 0 aliphatic carbocycles. The maximum Gasteiger partial charge on any atom is 0.222 e. The van der Waals surface area contributed by atoms with Crippen molar-refractivity contribution in [2.45, 2.75) is 39.7 Å². The Hall–Kier alpha value is -2.62. The van der Waals surface area contributed by atoms with Gasteiger partial charge in [-0.15, -0.1) is 0 Å². The highest BCUT2D eigenvalue weighted by Gasteiger charge is 2.19. The third-order valence-corrected chi connectivity index (χ3v) is 4.94. The highest BCUT2D eigenvalue weighted by molar-refractivity contribution is 5.76. The SMILES string of the molecule is Cc1cccc(-c2c(C)nc3ccc(CN4CCCCC4=O)cn23)c1. The Morgan fingerprint density at radius 1 is 1.12 bits per heavy atom. The van der Waals surface area contributed by atoms with Crippen molar-refractivity contribution in [3.63, 3.8) is 0 Å². The molecule has 0 spiro atoms. The smallest absolute Gasteiger partial charge is 0.222 e. The van der Waals surface area contributed by atoms with Gasteiger partial charge in [0.05, 0.1) is 11.4 Å². The molecule has 1 aliphatic heterocycles. The molecule has 0 radical (unpaired) electrons. The van der Waals surface area contributed by atoms with Gasteiger partial charge in [-0.05, 0) is 44.4 Å². The zero-order valence-corrected chi connectivity index (χ0v) is 14.8. The molecule has 25 heavy (non-hydrogen) atoms. The molecule has 0 bridgehead atoms. The summed E-state index contributed by atoms with van der Waals surface area (Å²) in [6, 6.07) is 12.6. The van der Waals surface area contributed by atoms with Crippen LogP contribution < -0.4 is 0 Å². The second kappa shape index (κ2) is 6.36. The molecule has 4 nitrogen and oxygen atoms in total. The number of pyridine rings is 1. The summed E-state index contributed by atoms with van der Waals surface area (Å²) in [6.07, 6.45) is 4.94. The van der Waals surface area contributed by atoms with Crippen LogP contribution >= 0.6 is 0 Å². The van der Waals surface area contributed by atoms with Gasteiger partial charge in [-0.2, -0.15) is 0 Å². The van der Waals surface area contributed by atoms with Gasteiger partial charge in [-0.3, -0.25) is 9.20 Å². The van der Waals surface area contributed by atoms with E-state index >= 15 is 0 Å². The second-order valence-electron chi connectivity index (χ2n) is 6.95. The highest BCUT2D eigenvalue weighted by Crippen LogP contribution is 2.26. The lowest BCUT2D eigenvalue weighted by atomic mass is 10.1.